The van der Waals surface area contributed by atoms with Gasteiger partial charge in [0, 0.05) is 29.4 Å². The molecule has 0 bridgehead atoms. The molecule has 6 heteroatoms. The molecular weight excluding hydrogens is 338 g/mol. The van der Waals surface area contributed by atoms with E-state index in [4.69, 9.17) is 5.73 Å². The molecule has 1 aliphatic carbocycles. The van der Waals surface area contributed by atoms with Crippen LogP contribution in [-0.2, 0) is 6.54 Å². The molecule has 4 rings (SSSR count). The summed E-state index contributed by atoms with van der Waals surface area (Å²) in [4.78, 5) is 20.7. The number of nitrogen functional groups attached to an aromatic ring is 1. The van der Waals surface area contributed by atoms with Gasteiger partial charge in [-0.3, -0.25) is 4.79 Å². The number of rotatable bonds is 3. The number of benzene rings is 1. The number of carbonyl (C=O) groups is 1. The molecule has 0 radical (unpaired) electrons. The third kappa shape index (κ3) is 3.24. The Bertz CT molecular complexity index is 1100. The fourth-order valence-electron chi connectivity index (χ4n) is 3.22. The van der Waals surface area contributed by atoms with E-state index >= 15 is 0 Å². The average Bonchev–Trinajstić information content (AvgIpc) is 3.43. The SMILES string of the molecule is CCn1c(C)c(C#Cc2cccc(C(=O)NC3CC3)c2)c2c(N)ncnc21. The van der Waals surface area contributed by atoms with Gasteiger partial charge >= 0.3 is 0 Å². The highest BCUT2D eigenvalue weighted by Gasteiger charge is 2.23. The second-order valence-electron chi connectivity index (χ2n) is 6.74. The number of hydrogen-bond donors (Lipinski definition) is 2. The van der Waals surface area contributed by atoms with Gasteiger partial charge in [0.2, 0.25) is 0 Å². The molecule has 1 amide bonds. The lowest BCUT2D eigenvalue weighted by atomic mass is 10.1. The third-order valence-corrected chi connectivity index (χ3v) is 4.81. The maximum atomic E-state index is 12.2. The quantitative estimate of drug-likeness (QED) is 0.704. The van der Waals surface area contributed by atoms with Crippen LogP contribution in [0.15, 0.2) is 30.6 Å². The minimum absolute atomic E-state index is 0.0439. The van der Waals surface area contributed by atoms with Gasteiger partial charge in [-0.1, -0.05) is 17.9 Å². The van der Waals surface area contributed by atoms with Crippen LogP contribution in [0, 0.1) is 18.8 Å². The molecule has 1 saturated carbocycles. The Morgan fingerprint density at radius 3 is 2.89 bits per heavy atom. The topological polar surface area (TPSA) is 85.8 Å². The van der Waals surface area contributed by atoms with Crippen LogP contribution >= 0.6 is 0 Å². The first-order valence-electron chi connectivity index (χ1n) is 9.10. The van der Waals surface area contributed by atoms with Gasteiger partial charge in [-0.15, -0.1) is 0 Å². The number of carbonyl (C=O) groups excluding carboxylic acids is 1. The maximum Gasteiger partial charge on any atom is 0.251 e. The lowest BCUT2D eigenvalue weighted by Crippen LogP contribution is -2.25. The van der Waals surface area contributed by atoms with Gasteiger partial charge < -0.3 is 15.6 Å². The van der Waals surface area contributed by atoms with E-state index in [-0.39, 0.29) is 5.91 Å². The number of nitrogens with one attached hydrogen (secondary N) is 1. The Hall–Kier alpha value is -3.33. The van der Waals surface area contributed by atoms with Crippen molar-refractivity contribution in [1.29, 1.82) is 0 Å². The number of nitrogens with two attached hydrogens (primary N) is 1. The summed E-state index contributed by atoms with van der Waals surface area (Å²) < 4.78 is 2.08. The zero-order chi connectivity index (χ0) is 19.0. The highest BCUT2D eigenvalue weighted by molar-refractivity contribution is 5.95. The molecule has 0 atom stereocenters. The number of amides is 1. The summed E-state index contributed by atoms with van der Waals surface area (Å²) >= 11 is 0. The van der Waals surface area contributed by atoms with Crippen molar-refractivity contribution in [2.45, 2.75) is 39.3 Å². The lowest BCUT2D eigenvalue weighted by molar-refractivity contribution is 0.0951. The summed E-state index contributed by atoms with van der Waals surface area (Å²) in [6.45, 7) is 4.84. The number of nitrogens with zero attached hydrogens (tertiary/aromatic N) is 3. The Morgan fingerprint density at radius 1 is 1.33 bits per heavy atom. The number of aryl methyl sites for hydroxylation is 1. The largest absolute Gasteiger partial charge is 0.383 e. The van der Waals surface area contributed by atoms with Crippen LogP contribution in [0.5, 0.6) is 0 Å². The molecule has 2 aromatic heterocycles. The van der Waals surface area contributed by atoms with Gasteiger partial charge in [0.25, 0.3) is 5.91 Å². The van der Waals surface area contributed by atoms with E-state index in [0.29, 0.717) is 17.4 Å². The molecule has 0 unspecified atom stereocenters. The number of anilines is 1. The van der Waals surface area contributed by atoms with Crippen molar-refractivity contribution in [2.24, 2.45) is 0 Å². The molecule has 2 heterocycles. The zero-order valence-electron chi connectivity index (χ0n) is 15.4. The van der Waals surface area contributed by atoms with Crippen LogP contribution in [0.25, 0.3) is 11.0 Å². The van der Waals surface area contributed by atoms with Crippen LogP contribution < -0.4 is 11.1 Å². The van der Waals surface area contributed by atoms with Crippen molar-refractivity contribution in [2.75, 3.05) is 5.73 Å². The van der Waals surface area contributed by atoms with E-state index < -0.39 is 0 Å². The maximum absolute atomic E-state index is 12.2. The van der Waals surface area contributed by atoms with Crippen molar-refractivity contribution < 1.29 is 4.79 Å². The molecule has 3 N–H and O–H groups in total. The van der Waals surface area contributed by atoms with Crippen molar-refractivity contribution in [3.05, 3.63) is 53.0 Å². The van der Waals surface area contributed by atoms with E-state index in [1.54, 1.807) is 0 Å². The van der Waals surface area contributed by atoms with Crippen molar-refractivity contribution in [3.63, 3.8) is 0 Å². The molecule has 0 aliphatic heterocycles. The van der Waals surface area contributed by atoms with E-state index in [0.717, 1.165) is 47.2 Å². The van der Waals surface area contributed by atoms with Gasteiger partial charge in [0.1, 0.15) is 17.8 Å². The second-order valence-corrected chi connectivity index (χ2v) is 6.74. The average molecular weight is 359 g/mol. The number of fused-ring (bicyclic) bond motifs is 1. The van der Waals surface area contributed by atoms with Gasteiger partial charge in [0.05, 0.1) is 10.9 Å². The molecule has 3 aromatic rings. The van der Waals surface area contributed by atoms with Gasteiger partial charge in [0.15, 0.2) is 0 Å². The normalized spacial score (nSPS) is 13.3. The van der Waals surface area contributed by atoms with Crippen LogP contribution in [0.3, 0.4) is 0 Å². The van der Waals surface area contributed by atoms with Crippen molar-refractivity contribution >= 4 is 22.8 Å². The van der Waals surface area contributed by atoms with Crippen LogP contribution in [0.1, 0.15) is 46.9 Å². The first kappa shape index (κ1) is 17.1. The summed E-state index contributed by atoms with van der Waals surface area (Å²) in [5.74, 6) is 6.78. The molecule has 136 valence electrons. The molecule has 27 heavy (non-hydrogen) atoms. The number of hydrogen-bond acceptors (Lipinski definition) is 4. The molecule has 0 saturated heterocycles. The predicted octanol–water partition coefficient (Wildman–Crippen LogP) is 2.63. The fraction of sp³-hybridized carbons (Fsp3) is 0.286. The smallest absolute Gasteiger partial charge is 0.251 e. The Kier molecular flexibility index (Phi) is 4.28. The third-order valence-electron chi connectivity index (χ3n) is 4.81. The van der Waals surface area contributed by atoms with E-state index in [9.17, 15) is 4.79 Å². The van der Waals surface area contributed by atoms with Crippen LogP contribution in [0.2, 0.25) is 0 Å². The van der Waals surface area contributed by atoms with Gasteiger partial charge in [-0.2, -0.15) is 0 Å². The highest BCUT2D eigenvalue weighted by atomic mass is 16.1. The summed E-state index contributed by atoms with van der Waals surface area (Å²) in [6.07, 6.45) is 3.60. The summed E-state index contributed by atoms with van der Waals surface area (Å²) in [7, 11) is 0. The van der Waals surface area contributed by atoms with Gasteiger partial charge in [-0.05, 0) is 44.9 Å². The molecule has 0 spiro atoms. The number of aromatic nitrogens is 3. The predicted molar refractivity (Wildman–Crippen MR) is 105 cm³/mol. The Labute approximate surface area is 157 Å². The van der Waals surface area contributed by atoms with E-state index in [1.807, 2.05) is 31.2 Å². The summed E-state index contributed by atoms with van der Waals surface area (Å²) in [5.41, 5.74) is 10.1. The first-order valence-corrected chi connectivity index (χ1v) is 9.10. The molecule has 1 aliphatic rings. The zero-order valence-corrected chi connectivity index (χ0v) is 15.4. The minimum atomic E-state index is -0.0439. The summed E-state index contributed by atoms with van der Waals surface area (Å²) in [5, 5.41) is 3.78. The van der Waals surface area contributed by atoms with Crippen LogP contribution in [-0.4, -0.2) is 26.5 Å². The first-order chi connectivity index (χ1) is 13.1. The fourth-order valence-corrected chi connectivity index (χ4v) is 3.22. The Morgan fingerprint density at radius 2 is 2.15 bits per heavy atom. The van der Waals surface area contributed by atoms with Crippen molar-refractivity contribution in [3.8, 4) is 11.8 Å². The van der Waals surface area contributed by atoms with E-state index in [2.05, 4.69) is 38.6 Å². The highest BCUT2D eigenvalue weighted by Crippen LogP contribution is 2.27. The molecule has 6 nitrogen and oxygen atoms in total. The van der Waals surface area contributed by atoms with Gasteiger partial charge in [-0.25, -0.2) is 9.97 Å². The molecular formula is C21H21N5O. The minimum Gasteiger partial charge on any atom is -0.383 e. The lowest BCUT2D eigenvalue weighted by Gasteiger charge is -2.03. The molecule has 1 fully saturated rings. The molecule has 1 aromatic carbocycles. The van der Waals surface area contributed by atoms with Crippen molar-refractivity contribution in [1.82, 2.24) is 19.9 Å². The van der Waals surface area contributed by atoms with Crippen LogP contribution in [0.4, 0.5) is 5.82 Å². The monoisotopic (exact) mass is 359 g/mol. The van der Waals surface area contributed by atoms with E-state index in [1.165, 1.54) is 6.33 Å². The Balaban J connectivity index is 1.73. The standard InChI is InChI=1S/C21H21N5O/c1-3-26-13(2)17(18-19(22)23-12-24-20(18)26)10-7-14-5-4-6-15(11-14)21(27)25-16-8-9-16/h4-6,11-12,16H,3,8-9H2,1-2H3,(H,25,27)(H2,22,23,24). The second kappa shape index (κ2) is 6.76. The summed E-state index contributed by atoms with van der Waals surface area (Å²) in [6, 6.07) is 7.71.